The second-order valence-corrected chi connectivity index (χ2v) is 3.08. The highest BCUT2D eigenvalue weighted by Crippen LogP contribution is 2.09. The molecule has 9 heavy (non-hydrogen) atoms. The third-order valence-corrected chi connectivity index (χ3v) is 2.01. The molecule has 0 heterocycles. The smallest absolute Gasteiger partial charge is 0.141 e. The van der Waals surface area contributed by atoms with Crippen molar-refractivity contribution < 1.29 is 0 Å². The molecule has 0 saturated carbocycles. The molecule has 0 radical (unpaired) electrons. The lowest BCUT2D eigenvalue weighted by molar-refractivity contribution is 0.374. The van der Waals surface area contributed by atoms with Gasteiger partial charge in [-0.3, -0.25) is 0 Å². The van der Waals surface area contributed by atoms with Gasteiger partial charge in [0.05, 0.1) is 0 Å². The Morgan fingerprint density at radius 3 is 2.22 bits per heavy atom. The predicted octanol–water partition coefficient (Wildman–Crippen LogP) is 1.41. The standard InChI is InChI=1S/C4H7Br2N3/c1-3(5)4(6)8-9(2)7/h1,7H2,2H3/b8-4+. The van der Waals surface area contributed by atoms with Crippen molar-refractivity contribution in [3.8, 4) is 0 Å². The second-order valence-electron chi connectivity index (χ2n) is 1.37. The first kappa shape index (κ1) is 9.13. The van der Waals surface area contributed by atoms with Crippen LogP contribution in [-0.2, 0) is 0 Å². The molecule has 0 amide bonds. The van der Waals surface area contributed by atoms with Crippen LogP contribution < -0.4 is 5.84 Å². The van der Waals surface area contributed by atoms with Crippen LogP contribution in [0, 0.1) is 0 Å². The van der Waals surface area contributed by atoms with E-state index in [-0.39, 0.29) is 0 Å². The summed E-state index contributed by atoms with van der Waals surface area (Å²) in [4.78, 5) is 0. The lowest BCUT2D eigenvalue weighted by Gasteiger charge is -2.03. The van der Waals surface area contributed by atoms with Gasteiger partial charge in [0, 0.05) is 11.5 Å². The average Bonchev–Trinajstić information content (AvgIpc) is 1.63. The van der Waals surface area contributed by atoms with Gasteiger partial charge in [-0.15, -0.1) is 0 Å². The Balaban J connectivity index is 4.00. The molecule has 5 heteroatoms. The zero-order chi connectivity index (χ0) is 7.44. The maximum absolute atomic E-state index is 5.18. The van der Waals surface area contributed by atoms with E-state index in [2.05, 4.69) is 43.5 Å². The van der Waals surface area contributed by atoms with Crippen LogP contribution in [-0.4, -0.2) is 16.8 Å². The summed E-state index contributed by atoms with van der Waals surface area (Å²) in [5.74, 6) is 5.18. The summed E-state index contributed by atoms with van der Waals surface area (Å²) in [7, 11) is 1.62. The van der Waals surface area contributed by atoms with Crippen LogP contribution in [0.25, 0.3) is 0 Å². The number of hydrazone groups is 1. The SMILES string of the molecule is C=C(Br)/C(Br)=N\N(C)N. The van der Waals surface area contributed by atoms with Crippen LogP contribution in [0.15, 0.2) is 16.2 Å². The van der Waals surface area contributed by atoms with Crippen LogP contribution >= 0.6 is 31.9 Å². The van der Waals surface area contributed by atoms with E-state index >= 15 is 0 Å². The summed E-state index contributed by atoms with van der Waals surface area (Å²) < 4.78 is 1.26. The number of halogens is 2. The Labute approximate surface area is 70.8 Å². The van der Waals surface area contributed by atoms with Crippen LogP contribution in [0.4, 0.5) is 0 Å². The molecule has 3 nitrogen and oxygen atoms in total. The summed E-state index contributed by atoms with van der Waals surface area (Å²) in [6.07, 6.45) is 0. The number of hydrogen-bond acceptors (Lipinski definition) is 3. The van der Waals surface area contributed by atoms with Gasteiger partial charge in [-0.1, -0.05) is 6.58 Å². The molecule has 0 bridgehead atoms. The van der Waals surface area contributed by atoms with Gasteiger partial charge in [0.25, 0.3) is 0 Å². The van der Waals surface area contributed by atoms with Gasteiger partial charge in [-0.05, 0) is 31.9 Å². The lowest BCUT2D eigenvalue weighted by atomic mass is 10.7. The molecule has 0 aromatic carbocycles. The summed E-state index contributed by atoms with van der Waals surface area (Å²) >= 11 is 6.24. The van der Waals surface area contributed by atoms with Crippen molar-refractivity contribution in [2.45, 2.75) is 0 Å². The van der Waals surface area contributed by atoms with Gasteiger partial charge in [0.15, 0.2) is 0 Å². The number of allylic oxidation sites excluding steroid dienone is 1. The molecular weight excluding hydrogens is 250 g/mol. The summed E-state index contributed by atoms with van der Waals surface area (Å²) in [5, 5.41) is 4.97. The fourth-order valence-electron chi connectivity index (χ4n) is 0.193. The van der Waals surface area contributed by atoms with Crippen molar-refractivity contribution in [1.82, 2.24) is 5.12 Å². The number of nitrogens with zero attached hydrogens (tertiary/aromatic N) is 2. The normalized spacial score (nSPS) is 11.3. The largest absolute Gasteiger partial charge is 0.235 e. The van der Waals surface area contributed by atoms with E-state index < -0.39 is 0 Å². The van der Waals surface area contributed by atoms with Gasteiger partial charge < -0.3 is 0 Å². The molecule has 0 aromatic heterocycles. The maximum Gasteiger partial charge on any atom is 0.141 e. The van der Waals surface area contributed by atoms with E-state index in [0.29, 0.717) is 9.10 Å². The molecule has 0 rings (SSSR count). The number of nitrogens with two attached hydrogens (primary N) is 1. The molecule has 2 N–H and O–H groups in total. The molecule has 0 aliphatic carbocycles. The quantitative estimate of drug-likeness (QED) is 0.461. The van der Waals surface area contributed by atoms with Gasteiger partial charge >= 0.3 is 0 Å². The van der Waals surface area contributed by atoms with Crippen LogP contribution in [0.1, 0.15) is 0 Å². The first-order valence-electron chi connectivity index (χ1n) is 2.11. The zero-order valence-electron chi connectivity index (χ0n) is 4.93. The molecule has 0 spiro atoms. The maximum atomic E-state index is 5.18. The number of rotatable bonds is 2. The van der Waals surface area contributed by atoms with Crippen molar-refractivity contribution in [2.75, 3.05) is 7.05 Å². The molecule has 0 aromatic rings. The molecule has 0 aliphatic heterocycles. The van der Waals surface area contributed by atoms with E-state index in [1.165, 1.54) is 5.12 Å². The molecule has 0 fully saturated rings. The number of hydrogen-bond donors (Lipinski definition) is 1. The minimum Gasteiger partial charge on any atom is -0.235 e. The highest BCUT2D eigenvalue weighted by atomic mass is 79.9. The third kappa shape index (κ3) is 4.62. The fourth-order valence-corrected chi connectivity index (χ4v) is 0.522. The highest BCUT2D eigenvalue weighted by Gasteiger charge is 1.94. The van der Waals surface area contributed by atoms with E-state index in [1.807, 2.05) is 0 Å². The topological polar surface area (TPSA) is 41.6 Å². The van der Waals surface area contributed by atoms with Gasteiger partial charge in [-0.25, -0.2) is 11.0 Å². The van der Waals surface area contributed by atoms with Crippen molar-refractivity contribution in [3.63, 3.8) is 0 Å². The van der Waals surface area contributed by atoms with E-state index in [9.17, 15) is 0 Å². The summed E-state index contributed by atoms with van der Waals surface area (Å²) in [5.41, 5.74) is 0. The van der Waals surface area contributed by atoms with Gasteiger partial charge in [-0.2, -0.15) is 5.10 Å². The van der Waals surface area contributed by atoms with E-state index in [0.717, 1.165) is 0 Å². The first-order chi connectivity index (χ1) is 4.04. The summed E-state index contributed by atoms with van der Waals surface area (Å²) in [6.45, 7) is 3.56. The minimum absolute atomic E-state index is 0.590. The number of hydrazine groups is 1. The van der Waals surface area contributed by atoms with Crippen molar-refractivity contribution >= 4 is 36.5 Å². The van der Waals surface area contributed by atoms with E-state index in [1.54, 1.807) is 7.05 Å². The Morgan fingerprint density at radius 2 is 2.11 bits per heavy atom. The highest BCUT2D eigenvalue weighted by molar-refractivity contribution is 9.20. The van der Waals surface area contributed by atoms with Crippen molar-refractivity contribution in [2.24, 2.45) is 10.9 Å². The zero-order valence-corrected chi connectivity index (χ0v) is 8.11. The molecule has 52 valence electrons. The van der Waals surface area contributed by atoms with Crippen molar-refractivity contribution in [3.05, 3.63) is 11.1 Å². The van der Waals surface area contributed by atoms with Crippen molar-refractivity contribution in [1.29, 1.82) is 0 Å². The Hall–Kier alpha value is 0.130. The van der Waals surface area contributed by atoms with Crippen LogP contribution in [0.2, 0.25) is 0 Å². The Bertz CT molecular complexity index is 141. The van der Waals surface area contributed by atoms with Gasteiger partial charge in [0.2, 0.25) is 0 Å². The fraction of sp³-hybridized carbons (Fsp3) is 0.250. The average molecular weight is 257 g/mol. The lowest BCUT2D eigenvalue weighted by Crippen LogP contribution is -2.20. The molecule has 0 saturated heterocycles. The minimum atomic E-state index is 0.590. The second kappa shape index (κ2) is 4.03. The Morgan fingerprint density at radius 1 is 1.67 bits per heavy atom. The first-order valence-corrected chi connectivity index (χ1v) is 3.70. The monoisotopic (exact) mass is 255 g/mol. The van der Waals surface area contributed by atoms with Crippen LogP contribution in [0.3, 0.4) is 0 Å². The van der Waals surface area contributed by atoms with Crippen LogP contribution in [0.5, 0.6) is 0 Å². The van der Waals surface area contributed by atoms with E-state index in [4.69, 9.17) is 5.84 Å². The Kier molecular flexibility index (Phi) is 4.09. The summed E-state index contributed by atoms with van der Waals surface area (Å²) in [6, 6.07) is 0. The predicted molar refractivity (Wildman–Crippen MR) is 46.4 cm³/mol. The molecule has 0 atom stereocenters. The molecular formula is C4H7Br2N3. The third-order valence-electron chi connectivity index (χ3n) is 0.469. The molecule has 0 aliphatic rings. The molecule has 0 unspecified atom stereocenters. The van der Waals surface area contributed by atoms with Gasteiger partial charge in [0.1, 0.15) is 4.62 Å².